The van der Waals surface area contributed by atoms with Gasteiger partial charge in [0.25, 0.3) is 0 Å². The zero-order valence-electron chi connectivity index (χ0n) is 12.8. The number of hydrogen-bond acceptors (Lipinski definition) is 3. The lowest BCUT2D eigenvalue weighted by Crippen LogP contribution is -2.21. The van der Waals surface area contributed by atoms with Crippen molar-refractivity contribution >= 4 is 17.4 Å². The fraction of sp³-hybridized carbons (Fsp3) is 0.278. The number of halogens is 1. The quantitative estimate of drug-likeness (QED) is 0.929. The van der Waals surface area contributed by atoms with Crippen molar-refractivity contribution in [2.24, 2.45) is 4.99 Å². The average molecular weight is 315 g/mol. The van der Waals surface area contributed by atoms with E-state index in [1.165, 1.54) is 0 Å². The third-order valence-electron chi connectivity index (χ3n) is 3.75. The Morgan fingerprint density at radius 2 is 1.91 bits per heavy atom. The summed E-state index contributed by atoms with van der Waals surface area (Å²) in [5.41, 5.74) is 4.31. The van der Waals surface area contributed by atoms with Gasteiger partial charge in [0.15, 0.2) is 0 Å². The molecule has 3 nitrogen and oxygen atoms in total. The average Bonchev–Trinajstić information content (AvgIpc) is 3.05. The molecule has 0 saturated heterocycles. The topological polar surface area (TPSA) is 33.6 Å². The number of aryl methyl sites for hydroxylation is 2. The van der Waals surface area contributed by atoms with Gasteiger partial charge in [-0.3, -0.25) is 4.99 Å². The molecule has 4 heteroatoms. The highest BCUT2D eigenvalue weighted by molar-refractivity contribution is 6.32. The molecule has 1 N–H and O–H groups in total. The highest BCUT2D eigenvalue weighted by Crippen LogP contribution is 2.26. The Balaban J connectivity index is 1.80. The van der Waals surface area contributed by atoms with Crippen molar-refractivity contribution in [1.82, 2.24) is 5.32 Å². The predicted octanol–water partition coefficient (Wildman–Crippen LogP) is 3.89. The van der Waals surface area contributed by atoms with Crippen LogP contribution in [-0.2, 0) is 6.61 Å². The number of hydrogen-bond donors (Lipinski definition) is 1. The molecule has 0 atom stereocenters. The van der Waals surface area contributed by atoms with Crippen molar-refractivity contribution in [2.75, 3.05) is 13.1 Å². The van der Waals surface area contributed by atoms with Gasteiger partial charge in [-0.25, -0.2) is 0 Å². The number of rotatable bonds is 4. The second kappa shape index (κ2) is 6.41. The molecular weight excluding hydrogens is 296 g/mol. The molecular formula is C18H19ClN2O. The smallest absolute Gasteiger partial charge is 0.128 e. The Morgan fingerprint density at radius 3 is 2.59 bits per heavy atom. The van der Waals surface area contributed by atoms with Crippen molar-refractivity contribution in [3.63, 3.8) is 0 Å². The Kier molecular flexibility index (Phi) is 4.34. The van der Waals surface area contributed by atoms with Crippen molar-refractivity contribution in [3.05, 3.63) is 63.7 Å². The van der Waals surface area contributed by atoms with E-state index in [2.05, 4.69) is 22.4 Å². The summed E-state index contributed by atoms with van der Waals surface area (Å²) in [5, 5.41) is 4.12. The van der Waals surface area contributed by atoms with Gasteiger partial charge in [-0.15, -0.1) is 0 Å². The maximum atomic E-state index is 6.20. The molecule has 1 aliphatic heterocycles. The molecule has 3 rings (SSSR count). The summed E-state index contributed by atoms with van der Waals surface area (Å²) in [6.07, 6.45) is 0. The summed E-state index contributed by atoms with van der Waals surface area (Å²) in [6.45, 7) is 6.23. The van der Waals surface area contributed by atoms with Gasteiger partial charge in [0.2, 0.25) is 0 Å². The number of aliphatic imine (C=N–C) groups is 1. The Morgan fingerprint density at radius 1 is 1.18 bits per heavy atom. The zero-order chi connectivity index (χ0) is 15.5. The van der Waals surface area contributed by atoms with E-state index in [0.717, 1.165) is 52.0 Å². The summed E-state index contributed by atoms with van der Waals surface area (Å²) in [7, 11) is 0. The first-order valence-electron chi connectivity index (χ1n) is 7.41. The van der Waals surface area contributed by atoms with E-state index in [-0.39, 0.29) is 0 Å². The van der Waals surface area contributed by atoms with E-state index in [9.17, 15) is 0 Å². The van der Waals surface area contributed by atoms with Crippen LogP contribution in [-0.4, -0.2) is 18.9 Å². The lowest BCUT2D eigenvalue weighted by molar-refractivity contribution is 0.305. The first-order valence-corrected chi connectivity index (χ1v) is 7.79. The van der Waals surface area contributed by atoms with Gasteiger partial charge >= 0.3 is 0 Å². The first-order chi connectivity index (χ1) is 10.6. The van der Waals surface area contributed by atoms with Gasteiger partial charge in [0.1, 0.15) is 18.2 Å². The van der Waals surface area contributed by atoms with E-state index in [0.29, 0.717) is 6.61 Å². The van der Waals surface area contributed by atoms with E-state index < -0.39 is 0 Å². The molecule has 0 bridgehead atoms. The normalized spacial score (nSPS) is 13.7. The fourth-order valence-corrected chi connectivity index (χ4v) is 2.72. The van der Waals surface area contributed by atoms with E-state index in [1.54, 1.807) is 0 Å². The summed E-state index contributed by atoms with van der Waals surface area (Å²) in [6, 6.07) is 12.2. The third kappa shape index (κ3) is 3.09. The number of benzene rings is 2. The summed E-state index contributed by atoms with van der Waals surface area (Å²) >= 11 is 6.20. The lowest BCUT2D eigenvalue weighted by atomic mass is 10.1. The minimum Gasteiger partial charge on any atom is -0.489 e. The second-order valence-electron chi connectivity index (χ2n) is 5.47. The highest BCUT2D eigenvalue weighted by atomic mass is 35.5. The predicted molar refractivity (Wildman–Crippen MR) is 91.1 cm³/mol. The summed E-state index contributed by atoms with van der Waals surface area (Å²) in [4.78, 5) is 4.49. The van der Waals surface area contributed by atoms with Crippen LogP contribution in [0.5, 0.6) is 5.75 Å². The Hall–Kier alpha value is -2.00. The van der Waals surface area contributed by atoms with Crippen LogP contribution in [0.3, 0.4) is 0 Å². The van der Waals surface area contributed by atoms with Crippen molar-refractivity contribution < 1.29 is 4.74 Å². The molecule has 0 radical (unpaired) electrons. The number of ether oxygens (including phenoxy) is 1. The van der Waals surface area contributed by atoms with Gasteiger partial charge < -0.3 is 10.1 Å². The minimum absolute atomic E-state index is 0.511. The fourth-order valence-electron chi connectivity index (χ4n) is 2.61. The molecule has 0 spiro atoms. The molecule has 2 aromatic rings. The molecule has 0 aromatic heterocycles. The van der Waals surface area contributed by atoms with Crippen LogP contribution in [0.15, 0.2) is 41.4 Å². The largest absolute Gasteiger partial charge is 0.489 e. The minimum atomic E-state index is 0.511. The van der Waals surface area contributed by atoms with Crippen molar-refractivity contribution in [3.8, 4) is 5.75 Å². The third-order valence-corrected chi connectivity index (χ3v) is 4.35. The van der Waals surface area contributed by atoms with Crippen LogP contribution in [0.25, 0.3) is 0 Å². The van der Waals surface area contributed by atoms with Gasteiger partial charge in [-0.2, -0.15) is 0 Å². The maximum Gasteiger partial charge on any atom is 0.128 e. The molecule has 0 fully saturated rings. The summed E-state index contributed by atoms with van der Waals surface area (Å²) in [5.74, 6) is 1.80. The van der Waals surface area contributed by atoms with Crippen molar-refractivity contribution in [1.29, 1.82) is 0 Å². The molecule has 0 unspecified atom stereocenters. The van der Waals surface area contributed by atoms with Gasteiger partial charge in [-0.1, -0.05) is 35.9 Å². The highest BCUT2D eigenvalue weighted by Gasteiger charge is 2.12. The van der Waals surface area contributed by atoms with E-state index in [1.807, 2.05) is 38.1 Å². The molecule has 0 saturated carbocycles. The van der Waals surface area contributed by atoms with E-state index >= 15 is 0 Å². The Labute approximate surface area is 136 Å². The number of amidine groups is 1. The van der Waals surface area contributed by atoms with Crippen molar-refractivity contribution in [2.45, 2.75) is 20.5 Å². The number of nitrogens with zero attached hydrogens (tertiary/aromatic N) is 1. The molecule has 2 aromatic carbocycles. The molecule has 0 aliphatic carbocycles. The van der Waals surface area contributed by atoms with Crippen LogP contribution < -0.4 is 10.1 Å². The lowest BCUT2D eigenvalue weighted by Gasteiger charge is -2.13. The SMILES string of the molecule is Cc1cc(OCc2ccccc2C2=NCCN2)cc(C)c1Cl. The van der Waals surface area contributed by atoms with Crippen LogP contribution >= 0.6 is 11.6 Å². The van der Waals surface area contributed by atoms with E-state index in [4.69, 9.17) is 16.3 Å². The van der Waals surface area contributed by atoms with Crippen LogP contribution in [0, 0.1) is 13.8 Å². The van der Waals surface area contributed by atoms with Gasteiger partial charge in [0.05, 0.1) is 6.54 Å². The molecule has 1 heterocycles. The second-order valence-corrected chi connectivity index (χ2v) is 5.85. The number of nitrogens with one attached hydrogen (secondary N) is 1. The molecule has 0 amide bonds. The Bertz CT molecular complexity index is 702. The molecule has 114 valence electrons. The maximum absolute atomic E-state index is 6.20. The van der Waals surface area contributed by atoms with Crippen LogP contribution in [0.2, 0.25) is 5.02 Å². The van der Waals surface area contributed by atoms with Crippen LogP contribution in [0.1, 0.15) is 22.3 Å². The van der Waals surface area contributed by atoms with Crippen LogP contribution in [0.4, 0.5) is 0 Å². The summed E-state index contributed by atoms with van der Waals surface area (Å²) < 4.78 is 5.97. The zero-order valence-corrected chi connectivity index (χ0v) is 13.6. The van der Waals surface area contributed by atoms with Gasteiger partial charge in [-0.05, 0) is 37.1 Å². The standard InChI is InChI=1S/C18H19ClN2O/c1-12-9-15(10-13(2)17(12)19)22-11-14-5-3-4-6-16(14)18-20-7-8-21-18/h3-6,9-10H,7-8,11H2,1-2H3,(H,20,21). The molecule has 1 aliphatic rings. The first kappa shape index (κ1) is 14.9. The molecule has 22 heavy (non-hydrogen) atoms. The van der Waals surface area contributed by atoms with Gasteiger partial charge in [0, 0.05) is 22.7 Å². The monoisotopic (exact) mass is 314 g/mol.